The molecule has 1 aliphatic rings. The molecule has 0 aromatic heterocycles. The smallest absolute Gasteiger partial charge is 0.315 e. The fourth-order valence-corrected chi connectivity index (χ4v) is 4.73. The molecule has 146 valence electrons. The van der Waals surface area contributed by atoms with Crippen molar-refractivity contribution in [1.29, 1.82) is 0 Å². The van der Waals surface area contributed by atoms with Crippen LogP contribution in [0, 0.1) is 13.8 Å². The maximum atomic E-state index is 11.6. The lowest BCUT2D eigenvalue weighted by Crippen LogP contribution is -2.00. The maximum Gasteiger partial charge on any atom is 0.315 e. The molecule has 0 aliphatic carbocycles. The van der Waals surface area contributed by atoms with E-state index in [4.69, 9.17) is 4.74 Å². The van der Waals surface area contributed by atoms with Gasteiger partial charge in [-0.25, -0.2) is 0 Å². The van der Waals surface area contributed by atoms with Gasteiger partial charge in [-0.1, -0.05) is 64.7 Å². The lowest BCUT2D eigenvalue weighted by atomic mass is 10.0. The van der Waals surface area contributed by atoms with Gasteiger partial charge in [0, 0.05) is 11.1 Å². The summed E-state index contributed by atoms with van der Waals surface area (Å²) in [6.45, 7) is 6.08. The number of phenolic OH excluding ortho intramolecular Hbond substituents is 1. The minimum atomic E-state index is -0.220. The van der Waals surface area contributed by atoms with Crippen molar-refractivity contribution < 1.29 is 14.6 Å². The van der Waals surface area contributed by atoms with Gasteiger partial charge in [0.15, 0.2) is 0 Å². The summed E-state index contributed by atoms with van der Waals surface area (Å²) in [5.41, 5.74) is 2.56. The van der Waals surface area contributed by atoms with Gasteiger partial charge in [0.1, 0.15) is 11.5 Å². The molecule has 2 rings (SSSR count). The summed E-state index contributed by atoms with van der Waals surface area (Å²) in [7, 11) is 0. The van der Waals surface area contributed by atoms with E-state index in [0.29, 0.717) is 11.5 Å². The zero-order valence-corrected chi connectivity index (χ0v) is 17.5. The van der Waals surface area contributed by atoms with Gasteiger partial charge in [-0.3, -0.25) is 4.79 Å². The molecule has 0 fully saturated rings. The van der Waals surface area contributed by atoms with Crippen molar-refractivity contribution in [3.05, 3.63) is 16.7 Å². The molecule has 1 aliphatic heterocycles. The minimum Gasteiger partial charge on any atom is -0.506 e. The lowest BCUT2D eigenvalue weighted by molar-refractivity contribution is -0.131. The SMILES string of the molecule is CCCCCCCCCCCCSc1c(C)c2c(c(C)c1O)CC(=O)O2. The predicted molar refractivity (Wildman–Crippen MR) is 109 cm³/mol. The Hall–Kier alpha value is -1.16. The Kier molecular flexibility index (Phi) is 8.83. The minimum absolute atomic E-state index is 0.220. The van der Waals surface area contributed by atoms with Crippen LogP contribution in [0.1, 0.15) is 87.8 Å². The summed E-state index contributed by atoms with van der Waals surface area (Å²) >= 11 is 1.69. The quantitative estimate of drug-likeness (QED) is 0.196. The molecular weight excluding hydrogens is 344 g/mol. The second-order valence-corrected chi connectivity index (χ2v) is 8.52. The summed E-state index contributed by atoms with van der Waals surface area (Å²) < 4.78 is 5.36. The van der Waals surface area contributed by atoms with Crippen LogP contribution in [-0.2, 0) is 11.2 Å². The molecule has 0 amide bonds. The van der Waals surface area contributed by atoms with Crippen LogP contribution in [0.4, 0.5) is 0 Å². The fourth-order valence-electron chi connectivity index (χ4n) is 3.58. The Bertz CT molecular complexity index is 610. The zero-order chi connectivity index (χ0) is 18.9. The van der Waals surface area contributed by atoms with Gasteiger partial charge in [0.25, 0.3) is 0 Å². The standard InChI is InChI=1S/C22H34O3S/c1-4-5-6-7-8-9-10-11-12-13-14-26-22-17(3)21-18(15-19(23)25-21)16(2)20(22)24/h24H,4-15H2,1-3H3. The van der Waals surface area contributed by atoms with E-state index in [2.05, 4.69) is 6.92 Å². The second-order valence-electron chi connectivity index (χ2n) is 7.42. The van der Waals surface area contributed by atoms with Crippen molar-refractivity contribution in [2.24, 2.45) is 0 Å². The van der Waals surface area contributed by atoms with Crippen molar-refractivity contribution in [2.75, 3.05) is 5.75 Å². The van der Waals surface area contributed by atoms with Crippen molar-refractivity contribution in [2.45, 2.75) is 96.3 Å². The Morgan fingerprint density at radius 2 is 1.50 bits per heavy atom. The molecule has 0 spiro atoms. The number of ether oxygens (including phenoxy) is 1. The van der Waals surface area contributed by atoms with Crippen molar-refractivity contribution in [3.8, 4) is 11.5 Å². The predicted octanol–water partition coefficient (Wildman–Crippen LogP) is 6.48. The number of carbonyl (C=O) groups excluding carboxylic acids is 1. The summed E-state index contributed by atoms with van der Waals surface area (Å²) in [6, 6.07) is 0. The van der Waals surface area contributed by atoms with E-state index in [1.54, 1.807) is 11.8 Å². The van der Waals surface area contributed by atoms with Crippen LogP contribution >= 0.6 is 11.8 Å². The summed E-state index contributed by atoms with van der Waals surface area (Å²) in [6.07, 6.45) is 13.6. The van der Waals surface area contributed by atoms with Gasteiger partial charge in [0.2, 0.25) is 0 Å². The monoisotopic (exact) mass is 378 g/mol. The first-order valence-corrected chi connectivity index (χ1v) is 11.2. The first kappa shape index (κ1) is 21.1. The number of aromatic hydroxyl groups is 1. The van der Waals surface area contributed by atoms with Crippen molar-refractivity contribution in [3.63, 3.8) is 0 Å². The molecule has 26 heavy (non-hydrogen) atoms. The molecule has 1 aromatic rings. The van der Waals surface area contributed by atoms with Crippen LogP contribution in [0.3, 0.4) is 0 Å². The number of benzene rings is 1. The Morgan fingerprint density at radius 1 is 0.923 bits per heavy atom. The lowest BCUT2D eigenvalue weighted by Gasteiger charge is -2.14. The molecule has 0 radical (unpaired) electrons. The van der Waals surface area contributed by atoms with Crippen LogP contribution in [0.5, 0.6) is 11.5 Å². The van der Waals surface area contributed by atoms with E-state index >= 15 is 0 Å². The van der Waals surface area contributed by atoms with Gasteiger partial charge < -0.3 is 9.84 Å². The second kappa shape index (κ2) is 10.9. The molecule has 3 nitrogen and oxygen atoms in total. The summed E-state index contributed by atoms with van der Waals surface area (Å²) in [5.74, 6) is 1.78. The van der Waals surface area contributed by atoms with Gasteiger partial charge in [0.05, 0.1) is 11.3 Å². The van der Waals surface area contributed by atoms with Crippen LogP contribution in [0.15, 0.2) is 4.90 Å². The number of hydrogen-bond donors (Lipinski definition) is 1. The molecule has 4 heteroatoms. The molecule has 0 unspecified atom stereocenters. The first-order valence-electron chi connectivity index (χ1n) is 10.2. The average molecular weight is 379 g/mol. The first-order chi connectivity index (χ1) is 12.6. The van der Waals surface area contributed by atoms with Gasteiger partial charge in [-0.15, -0.1) is 11.8 Å². The Morgan fingerprint density at radius 3 is 2.12 bits per heavy atom. The van der Waals surface area contributed by atoms with E-state index in [9.17, 15) is 9.90 Å². The highest BCUT2D eigenvalue weighted by Gasteiger charge is 2.28. The largest absolute Gasteiger partial charge is 0.506 e. The van der Waals surface area contributed by atoms with Crippen molar-refractivity contribution >= 4 is 17.7 Å². The van der Waals surface area contributed by atoms with Crippen molar-refractivity contribution in [1.82, 2.24) is 0 Å². The molecule has 1 heterocycles. The molecule has 0 saturated carbocycles. The number of rotatable bonds is 12. The molecule has 0 bridgehead atoms. The number of hydrogen-bond acceptors (Lipinski definition) is 4. The normalized spacial score (nSPS) is 13.1. The van der Waals surface area contributed by atoms with Crippen LogP contribution in [0.25, 0.3) is 0 Å². The van der Waals surface area contributed by atoms with Crippen LogP contribution in [0.2, 0.25) is 0 Å². The third kappa shape index (κ3) is 5.67. The van der Waals surface area contributed by atoms with Gasteiger partial charge in [-0.2, -0.15) is 0 Å². The molecule has 1 N–H and O–H groups in total. The Labute approximate surface area is 162 Å². The number of carbonyl (C=O) groups is 1. The topological polar surface area (TPSA) is 46.5 Å². The zero-order valence-electron chi connectivity index (χ0n) is 16.7. The summed E-state index contributed by atoms with van der Waals surface area (Å²) in [5, 5.41) is 10.5. The summed E-state index contributed by atoms with van der Waals surface area (Å²) in [4.78, 5) is 12.5. The highest BCUT2D eigenvalue weighted by atomic mass is 32.2. The number of fused-ring (bicyclic) bond motifs is 1. The number of unbranched alkanes of at least 4 members (excludes halogenated alkanes) is 9. The molecular formula is C22H34O3S. The van der Waals surface area contributed by atoms with E-state index in [1.165, 1.54) is 57.8 Å². The highest BCUT2D eigenvalue weighted by Crippen LogP contribution is 2.45. The van der Waals surface area contributed by atoms with E-state index < -0.39 is 0 Å². The fraction of sp³-hybridized carbons (Fsp3) is 0.682. The molecule has 1 aromatic carbocycles. The van der Waals surface area contributed by atoms with E-state index in [1.807, 2.05) is 13.8 Å². The molecule has 0 atom stereocenters. The van der Waals surface area contributed by atoms with Crippen LogP contribution < -0.4 is 4.74 Å². The third-order valence-corrected chi connectivity index (χ3v) is 6.54. The number of esters is 1. The van der Waals surface area contributed by atoms with Crippen LogP contribution in [-0.4, -0.2) is 16.8 Å². The molecule has 0 saturated heterocycles. The Balaban J connectivity index is 1.68. The number of thioether (sulfide) groups is 1. The maximum absolute atomic E-state index is 11.6. The van der Waals surface area contributed by atoms with E-state index in [-0.39, 0.29) is 12.4 Å². The highest BCUT2D eigenvalue weighted by molar-refractivity contribution is 7.99. The van der Waals surface area contributed by atoms with E-state index in [0.717, 1.165) is 33.8 Å². The van der Waals surface area contributed by atoms with Gasteiger partial charge >= 0.3 is 5.97 Å². The number of phenols is 1. The van der Waals surface area contributed by atoms with Gasteiger partial charge in [-0.05, 0) is 31.6 Å². The third-order valence-electron chi connectivity index (χ3n) is 5.26. The average Bonchev–Trinajstić information content (AvgIpc) is 3.02.